The first-order chi connectivity index (χ1) is 9.25. The molecule has 2 N–H and O–H groups in total. The number of hydrogen-bond acceptors (Lipinski definition) is 3. The smallest absolute Gasteiger partial charge is 0.136 e. The molecular formula is C16H19N3. The third-order valence-corrected chi connectivity index (χ3v) is 4.25. The zero-order chi connectivity index (χ0) is 13.3. The molecule has 3 heteroatoms. The quantitative estimate of drug-likeness (QED) is 0.915. The molecule has 3 rings (SSSR count). The van der Waals surface area contributed by atoms with Gasteiger partial charge in [0.1, 0.15) is 5.82 Å². The second-order valence-corrected chi connectivity index (χ2v) is 5.42. The van der Waals surface area contributed by atoms with E-state index in [1.54, 1.807) is 0 Å². The summed E-state index contributed by atoms with van der Waals surface area (Å²) < 4.78 is 0. The Morgan fingerprint density at radius 2 is 2.00 bits per heavy atom. The lowest BCUT2D eigenvalue weighted by atomic mass is 9.68. The first kappa shape index (κ1) is 12.3. The molecule has 2 aromatic rings. The van der Waals surface area contributed by atoms with E-state index in [9.17, 15) is 0 Å². The van der Waals surface area contributed by atoms with Gasteiger partial charge in [-0.3, -0.25) is 0 Å². The Labute approximate surface area is 113 Å². The van der Waals surface area contributed by atoms with E-state index < -0.39 is 0 Å². The highest BCUT2D eigenvalue weighted by molar-refractivity contribution is 5.63. The number of aromatic nitrogens is 2. The second-order valence-electron chi connectivity index (χ2n) is 5.42. The molecule has 1 heterocycles. The maximum absolute atomic E-state index is 5.94. The molecule has 0 unspecified atom stereocenters. The van der Waals surface area contributed by atoms with E-state index in [-0.39, 0.29) is 5.41 Å². The number of benzene rings is 1. The molecule has 3 nitrogen and oxygen atoms in total. The number of aryl methyl sites for hydroxylation is 1. The SMILES string of the molecule is Cc1ccccc1-c1ccnc(C2(CN)CCC2)n1. The number of nitrogens with two attached hydrogens (primary N) is 1. The van der Waals surface area contributed by atoms with E-state index in [2.05, 4.69) is 24.0 Å². The Kier molecular flexibility index (Phi) is 3.07. The van der Waals surface area contributed by atoms with Crippen molar-refractivity contribution in [2.24, 2.45) is 5.73 Å². The van der Waals surface area contributed by atoms with Gasteiger partial charge in [0.05, 0.1) is 5.69 Å². The van der Waals surface area contributed by atoms with Crippen LogP contribution in [-0.4, -0.2) is 16.5 Å². The van der Waals surface area contributed by atoms with Crippen LogP contribution in [0.1, 0.15) is 30.7 Å². The predicted molar refractivity (Wildman–Crippen MR) is 76.8 cm³/mol. The van der Waals surface area contributed by atoms with Gasteiger partial charge in [0.15, 0.2) is 0 Å². The molecule has 1 fully saturated rings. The molecule has 0 spiro atoms. The highest BCUT2D eigenvalue weighted by atomic mass is 14.9. The van der Waals surface area contributed by atoms with E-state index in [0.29, 0.717) is 6.54 Å². The third-order valence-electron chi connectivity index (χ3n) is 4.25. The van der Waals surface area contributed by atoms with Crippen LogP contribution in [0.25, 0.3) is 11.3 Å². The van der Waals surface area contributed by atoms with Crippen LogP contribution in [0.3, 0.4) is 0 Å². The van der Waals surface area contributed by atoms with Crippen LogP contribution in [-0.2, 0) is 5.41 Å². The minimum atomic E-state index is 0.0265. The van der Waals surface area contributed by atoms with Gasteiger partial charge in [-0.25, -0.2) is 9.97 Å². The summed E-state index contributed by atoms with van der Waals surface area (Å²) in [6, 6.07) is 10.3. The van der Waals surface area contributed by atoms with Crippen molar-refractivity contribution >= 4 is 0 Å². The molecule has 1 aromatic heterocycles. The van der Waals surface area contributed by atoms with Crippen molar-refractivity contribution in [1.29, 1.82) is 0 Å². The van der Waals surface area contributed by atoms with Gasteiger partial charge in [-0.05, 0) is 31.4 Å². The first-order valence-corrected chi connectivity index (χ1v) is 6.85. The van der Waals surface area contributed by atoms with Crippen LogP contribution < -0.4 is 5.73 Å². The molecule has 0 bridgehead atoms. The van der Waals surface area contributed by atoms with Crippen LogP contribution >= 0.6 is 0 Å². The molecular weight excluding hydrogens is 234 g/mol. The molecule has 0 saturated heterocycles. The summed E-state index contributed by atoms with van der Waals surface area (Å²) in [4.78, 5) is 9.25. The Morgan fingerprint density at radius 3 is 2.63 bits per heavy atom. The summed E-state index contributed by atoms with van der Waals surface area (Å²) in [6.45, 7) is 2.75. The average Bonchev–Trinajstić information content (AvgIpc) is 2.39. The zero-order valence-corrected chi connectivity index (χ0v) is 11.3. The van der Waals surface area contributed by atoms with Crippen LogP contribution in [0.5, 0.6) is 0 Å². The van der Waals surface area contributed by atoms with Gasteiger partial charge in [0.25, 0.3) is 0 Å². The maximum atomic E-state index is 5.94. The van der Waals surface area contributed by atoms with Gasteiger partial charge in [-0.2, -0.15) is 0 Å². The first-order valence-electron chi connectivity index (χ1n) is 6.85. The topological polar surface area (TPSA) is 51.8 Å². The minimum absolute atomic E-state index is 0.0265. The van der Waals surface area contributed by atoms with Gasteiger partial charge < -0.3 is 5.73 Å². The van der Waals surface area contributed by atoms with E-state index in [0.717, 1.165) is 24.4 Å². The second kappa shape index (κ2) is 4.74. The molecule has 0 aliphatic heterocycles. The lowest BCUT2D eigenvalue weighted by Gasteiger charge is -2.39. The predicted octanol–water partition coefficient (Wildman–Crippen LogP) is 2.83. The van der Waals surface area contributed by atoms with E-state index >= 15 is 0 Å². The van der Waals surface area contributed by atoms with Crippen LogP contribution in [0.2, 0.25) is 0 Å². The Morgan fingerprint density at radius 1 is 1.21 bits per heavy atom. The standard InChI is InChI=1S/C16H19N3/c1-12-5-2-3-6-13(12)14-7-10-18-15(19-14)16(11-17)8-4-9-16/h2-3,5-7,10H,4,8-9,11,17H2,1H3. The van der Waals surface area contributed by atoms with Crippen molar-refractivity contribution in [2.75, 3.05) is 6.54 Å². The van der Waals surface area contributed by atoms with Crippen molar-refractivity contribution in [3.63, 3.8) is 0 Å². The van der Waals surface area contributed by atoms with Gasteiger partial charge >= 0.3 is 0 Å². The molecule has 98 valence electrons. The summed E-state index contributed by atoms with van der Waals surface area (Å²) >= 11 is 0. The normalized spacial score (nSPS) is 16.9. The molecule has 0 radical (unpaired) electrons. The molecule has 1 aromatic carbocycles. The molecule has 0 amide bonds. The fourth-order valence-electron chi connectivity index (χ4n) is 2.75. The molecule has 1 aliphatic carbocycles. The molecule has 19 heavy (non-hydrogen) atoms. The maximum Gasteiger partial charge on any atom is 0.136 e. The minimum Gasteiger partial charge on any atom is -0.329 e. The van der Waals surface area contributed by atoms with E-state index in [4.69, 9.17) is 10.7 Å². The van der Waals surface area contributed by atoms with Crippen molar-refractivity contribution < 1.29 is 0 Å². The monoisotopic (exact) mass is 253 g/mol. The van der Waals surface area contributed by atoms with Gasteiger partial charge in [0.2, 0.25) is 0 Å². The summed E-state index contributed by atoms with van der Waals surface area (Å²) in [5, 5.41) is 0. The van der Waals surface area contributed by atoms with Gasteiger partial charge in [-0.15, -0.1) is 0 Å². The van der Waals surface area contributed by atoms with E-state index in [1.165, 1.54) is 17.5 Å². The number of nitrogens with zero attached hydrogens (tertiary/aromatic N) is 2. The van der Waals surface area contributed by atoms with Crippen LogP contribution in [0, 0.1) is 6.92 Å². The zero-order valence-electron chi connectivity index (χ0n) is 11.3. The number of rotatable bonds is 3. The largest absolute Gasteiger partial charge is 0.329 e. The fourth-order valence-corrected chi connectivity index (χ4v) is 2.75. The van der Waals surface area contributed by atoms with E-state index in [1.807, 2.05) is 24.4 Å². The van der Waals surface area contributed by atoms with Crippen molar-refractivity contribution in [1.82, 2.24) is 9.97 Å². The summed E-state index contributed by atoms with van der Waals surface area (Å²) in [7, 11) is 0. The van der Waals surface area contributed by atoms with Crippen molar-refractivity contribution in [3.05, 3.63) is 47.9 Å². The summed E-state index contributed by atoms with van der Waals surface area (Å²) in [6.07, 6.45) is 5.32. The number of hydrogen-bond donors (Lipinski definition) is 1. The Hall–Kier alpha value is -1.74. The van der Waals surface area contributed by atoms with Crippen LogP contribution in [0.4, 0.5) is 0 Å². The highest BCUT2D eigenvalue weighted by Gasteiger charge is 2.40. The molecule has 0 atom stereocenters. The van der Waals surface area contributed by atoms with Crippen LogP contribution in [0.15, 0.2) is 36.5 Å². The van der Waals surface area contributed by atoms with Crippen molar-refractivity contribution in [2.45, 2.75) is 31.6 Å². The van der Waals surface area contributed by atoms with Gasteiger partial charge in [0, 0.05) is 23.7 Å². The average molecular weight is 253 g/mol. The van der Waals surface area contributed by atoms with Crippen molar-refractivity contribution in [3.8, 4) is 11.3 Å². The Balaban J connectivity index is 2.03. The third kappa shape index (κ3) is 2.04. The van der Waals surface area contributed by atoms with Gasteiger partial charge in [-0.1, -0.05) is 30.7 Å². The lowest BCUT2D eigenvalue weighted by molar-refractivity contribution is 0.238. The summed E-state index contributed by atoms with van der Waals surface area (Å²) in [5.74, 6) is 0.919. The lowest BCUT2D eigenvalue weighted by Crippen LogP contribution is -2.43. The molecule has 1 saturated carbocycles. The Bertz CT molecular complexity index is 583. The fraction of sp³-hybridized carbons (Fsp3) is 0.375. The highest BCUT2D eigenvalue weighted by Crippen LogP contribution is 2.41. The summed E-state index contributed by atoms with van der Waals surface area (Å²) in [5.41, 5.74) is 9.39. The molecule has 1 aliphatic rings.